The van der Waals surface area contributed by atoms with Gasteiger partial charge in [0.1, 0.15) is 0 Å². The fourth-order valence-corrected chi connectivity index (χ4v) is 1.69. The number of aromatic nitrogens is 3. The number of aliphatic hydroxyl groups excluding tert-OH is 1. The lowest BCUT2D eigenvalue weighted by molar-refractivity contribution is 0.289. The monoisotopic (exact) mass is 253 g/mol. The molecular formula is C11H19N5O2. The first-order valence-corrected chi connectivity index (χ1v) is 6.26. The van der Waals surface area contributed by atoms with Crippen LogP contribution in [0.15, 0.2) is 0 Å². The molecule has 1 fully saturated rings. The summed E-state index contributed by atoms with van der Waals surface area (Å²) < 4.78 is 5.37. The van der Waals surface area contributed by atoms with Gasteiger partial charge in [0.25, 0.3) is 0 Å². The summed E-state index contributed by atoms with van der Waals surface area (Å²) in [6.07, 6.45) is 3.07. The van der Waals surface area contributed by atoms with Crippen LogP contribution in [0.5, 0.6) is 6.01 Å². The fourth-order valence-electron chi connectivity index (χ4n) is 1.69. The second-order valence-electron chi connectivity index (χ2n) is 4.27. The summed E-state index contributed by atoms with van der Waals surface area (Å²) in [6, 6.07) is 0.654. The van der Waals surface area contributed by atoms with Gasteiger partial charge in [-0.25, -0.2) is 0 Å². The lowest BCUT2D eigenvalue weighted by atomic mass is 10.5. The molecule has 0 aromatic carbocycles. The van der Waals surface area contributed by atoms with E-state index in [2.05, 4.69) is 15.0 Å². The van der Waals surface area contributed by atoms with Crippen molar-refractivity contribution >= 4 is 11.9 Å². The quantitative estimate of drug-likeness (QED) is 0.716. The largest absolute Gasteiger partial charge is 0.463 e. The van der Waals surface area contributed by atoms with Gasteiger partial charge in [0.05, 0.1) is 13.2 Å². The van der Waals surface area contributed by atoms with Gasteiger partial charge in [0, 0.05) is 12.6 Å². The number of anilines is 2. The molecule has 0 atom stereocenters. The molecule has 3 N–H and O–H groups in total. The minimum absolute atomic E-state index is 0.0627. The summed E-state index contributed by atoms with van der Waals surface area (Å²) in [6.45, 7) is 3.12. The molecule has 0 bridgehead atoms. The zero-order valence-corrected chi connectivity index (χ0v) is 10.5. The number of nitrogens with zero attached hydrogens (tertiary/aromatic N) is 4. The second kappa shape index (κ2) is 5.81. The Morgan fingerprint density at radius 3 is 2.78 bits per heavy atom. The van der Waals surface area contributed by atoms with Crippen LogP contribution in [0.4, 0.5) is 11.9 Å². The van der Waals surface area contributed by atoms with Crippen molar-refractivity contribution in [3.63, 3.8) is 0 Å². The normalized spacial score (nSPS) is 14.6. The first-order valence-electron chi connectivity index (χ1n) is 6.26. The maximum Gasteiger partial charge on any atom is 0.323 e. The van der Waals surface area contributed by atoms with Crippen LogP contribution in [0.25, 0.3) is 0 Å². The zero-order valence-electron chi connectivity index (χ0n) is 10.5. The molecule has 1 aromatic heterocycles. The van der Waals surface area contributed by atoms with E-state index >= 15 is 0 Å². The summed E-state index contributed by atoms with van der Waals surface area (Å²) in [5.41, 5.74) is 5.65. The predicted molar refractivity (Wildman–Crippen MR) is 67.5 cm³/mol. The van der Waals surface area contributed by atoms with Crippen molar-refractivity contribution in [2.24, 2.45) is 0 Å². The Hall–Kier alpha value is -1.63. The molecule has 0 saturated heterocycles. The number of hydrogen-bond acceptors (Lipinski definition) is 7. The van der Waals surface area contributed by atoms with Crippen molar-refractivity contribution in [2.45, 2.75) is 32.2 Å². The Labute approximate surface area is 106 Å². The molecule has 1 heterocycles. The van der Waals surface area contributed by atoms with Gasteiger partial charge in [-0.3, -0.25) is 0 Å². The maximum absolute atomic E-state index is 9.08. The molecule has 0 amide bonds. The van der Waals surface area contributed by atoms with E-state index in [1.165, 1.54) is 0 Å². The molecule has 0 radical (unpaired) electrons. The molecule has 18 heavy (non-hydrogen) atoms. The molecule has 0 aliphatic heterocycles. The van der Waals surface area contributed by atoms with Gasteiger partial charge in [0.15, 0.2) is 0 Å². The summed E-state index contributed by atoms with van der Waals surface area (Å²) in [5.74, 6) is 0.639. The number of aliphatic hydroxyl groups is 1. The highest BCUT2D eigenvalue weighted by atomic mass is 16.5. The average Bonchev–Trinajstić information content (AvgIpc) is 3.17. The van der Waals surface area contributed by atoms with Crippen LogP contribution in [-0.4, -0.2) is 45.9 Å². The van der Waals surface area contributed by atoms with E-state index in [9.17, 15) is 0 Å². The number of hydrogen-bond donors (Lipinski definition) is 2. The summed E-state index contributed by atoms with van der Waals surface area (Å²) >= 11 is 0. The van der Waals surface area contributed by atoms with Gasteiger partial charge >= 0.3 is 6.01 Å². The first-order chi connectivity index (χ1) is 8.74. The van der Waals surface area contributed by atoms with Crippen LogP contribution in [0, 0.1) is 0 Å². The number of nitrogen functional groups attached to an aromatic ring is 1. The minimum atomic E-state index is 0.0627. The number of rotatable bonds is 7. The van der Waals surface area contributed by atoms with Crippen LogP contribution in [0.1, 0.15) is 26.2 Å². The van der Waals surface area contributed by atoms with Crippen molar-refractivity contribution < 1.29 is 9.84 Å². The van der Waals surface area contributed by atoms with E-state index < -0.39 is 0 Å². The molecule has 0 unspecified atom stereocenters. The van der Waals surface area contributed by atoms with E-state index in [-0.39, 0.29) is 18.6 Å². The van der Waals surface area contributed by atoms with E-state index in [0.717, 1.165) is 19.3 Å². The van der Waals surface area contributed by atoms with Gasteiger partial charge in [-0.15, -0.1) is 0 Å². The van der Waals surface area contributed by atoms with E-state index in [1.807, 2.05) is 11.8 Å². The molecule has 1 saturated carbocycles. The molecule has 100 valence electrons. The summed E-state index contributed by atoms with van der Waals surface area (Å²) in [5, 5.41) is 9.08. The highest BCUT2D eigenvalue weighted by Gasteiger charge is 2.31. The second-order valence-corrected chi connectivity index (χ2v) is 4.27. The number of ether oxygens (including phenoxy) is 1. The van der Waals surface area contributed by atoms with Crippen molar-refractivity contribution in [3.8, 4) is 6.01 Å². The first kappa shape index (κ1) is 12.8. The number of nitrogens with two attached hydrogens (primary N) is 1. The standard InChI is InChI=1S/C11H19N5O2/c1-2-7-18-11-14-9(12)13-10(15-11)16(5-6-17)8-3-4-8/h8,17H,2-7H2,1H3,(H2,12,13,14,15). The fraction of sp³-hybridized carbons (Fsp3) is 0.727. The van der Waals surface area contributed by atoms with Crippen molar-refractivity contribution in [2.75, 3.05) is 30.4 Å². The Morgan fingerprint density at radius 1 is 1.39 bits per heavy atom. The van der Waals surface area contributed by atoms with E-state index in [1.54, 1.807) is 0 Å². The third kappa shape index (κ3) is 3.19. The van der Waals surface area contributed by atoms with Crippen LogP contribution < -0.4 is 15.4 Å². The molecule has 1 aromatic rings. The summed E-state index contributed by atoms with van der Waals surface area (Å²) in [7, 11) is 0. The van der Waals surface area contributed by atoms with Crippen LogP contribution in [0.3, 0.4) is 0 Å². The van der Waals surface area contributed by atoms with Crippen LogP contribution >= 0.6 is 0 Å². The maximum atomic E-state index is 9.08. The van der Waals surface area contributed by atoms with Gasteiger partial charge in [0.2, 0.25) is 11.9 Å². The van der Waals surface area contributed by atoms with Gasteiger partial charge < -0.3 is 20.5 Å². The molecule has 2 rings (SSSR count). The van der Waals surface area contributed by atoms with Crippen LogP contribution in [-0.2, 0) is 0 Å². The molecule has 0 spiro atoms. The molecule has 1 aliphatic carbocycles. The third-order valence-electron chi connectivity index (χ3n) is 2.64. The lowest BCUT2D eigenvalue weighted by Crippen LogP contribution is -2.31. The smallest absolute Gasteiger partial charge is 0.323 e. The molecule has 1 aliphatic rings. The molecule has 7 nitrogen and oxygen atoms in total. The van der Waals surface area contributed by atoms with Crippen molar-refractivity contribution in [1.29, 1.82) is 0 Å². The summed E-state index contributed by atoms with van der Waals surface area (Å²) in [4.78, 5) is 14.2. The van der Waals surface area contributed by atoms with Gasteiger partial charge in [-0.05, 0) is 19.3 Å². The highest BCUT2D eigenvalue weighted by molar-refractivity contribution is 5.38. The molecular weight excluding hydrogens is 234 g/mol. The average molecular weight is 253 g/mol. The van der Waals surface area contributed by atoms with Gasteiger partial charge in [-0.2, -0.15) is 15.0 Å². The third-order valence-corrected chi connectivity index (χ3v) is 2.64. The Morgan fingerprint density at radius 2 is 2.17 bits per heavy atom. The predicted octanol–water partition coefficient (Wildman–Crippen LogP) is 0.204. The van der Waals surface area contributed by atoms with Gasteiger partial charge in [-0.1, -0.05) is 6.92 Å². The zero-order chi connectivity index (χ0) is 13.0. The molecule has 7 heteroatoms. The Bertz CT molecular complexity index is 397. The van der Waals surface area contributed by atoms with Crippen LogP contribution in [0.2, 0.25) is 0 Å². The topological polar surface area (TPSA) is 97.4 Å². The van der Waals surface area contributed by atoms with Crippen molar-refractivity contribution in [3.05, 3.63) is 0 Å². The van der Waals surface area contributed by atoms with E-state index in [4.69, 9.17) is 15.6 Å². The minimum Gasteiger partial charge on any atom is -0.463 e. The SMILES string of the molecule is CCCOc1nc(N)nc(N(CCO)C2CC2)n1. The van der Waals surface area contributed by atoms with E-state index in [0.29, 0.717) is 25.1 Å². The Kier molecular flexibility index (Phi) is 4.14. The highest BCUT2D eigenvalue weighted by Crippen LogP contribution is 2.30. The Balaban J connectivity index is 2.16. The lowest BCUT2D eigenvalue weighted by Gasteiger charge is -2.21. The van der Waals surface area contributed by atoms with Crippen molar-refractivity contribution in [1.82, 2.24) is 15.0 Å².